The molecule has 4 heteroatoms. The molecule has 0 radical (unpaired) electrons. The highest BCUT2D eigenvalue weighted by molar-refractivity contribution is 5.96. The number of amides is 1. The van der Waals surface area contributed by atoms with Gasteiger partial charge in [-0.25, -0.2) is 0 Å². The summed E-state index contributed by atoms with van der Waals surface area (Å²) >= 11 is 0. The first-order valence-corrected chi connectivity index (χ1v) is 8.69. The Kier molecular flexibility index (Phi) is 5.32. The summed E-state index contributed by atoms with van der Waals surface area (Å²) in [6.45, 7) is 1.90. The number of nitrogens with zero attached hydrogens (tertiary/aromatic N) is 2. The van der Waals surface area contributed by atoms with Gasteiger partial charge in [0.05, 0.1) is 0 Å². The number of rotatable bonds is 5. The van der Waals surface area contributed by atoms with Crippen LogP contribution in [0.25, 0.3) is 11.1 Å². The average molecular weight is 346 g/mol. The van der Waals surface area contributed by atoms with E-state index in [1.165, 1.54) is 0 Å². The maximum atomic E-state index is 12.8. The smallest absolute Gasteiger partial charge is 0.293 e. The van der Waals surface area contributed by atoms with Crippen LogP contribution in [0.4, 0.5) is 11.4 Å². The van der Waals surface area contributed by atoms with Gasteiger partial charge in [-0.3, -0.25) is 4.79 Å². The molecule has 0 aliphatic carbocycles. The Morgan fingerprint density at radius 1 is 0.923 bits per heavy atom. The zero-order valence-electron chi connectivity index (χ0n) is 15.4. The summed E-state index contributed by atoms with van der Waals surface area (Å²) in [5.41, 5.74) is 4.02. The van der Waals surface area contributed by atoms with Gasteiger partial charge in [-0.05, 0) is 11.6 Å². The maximum absolute atomic E-state index is 12.8. The molecule has 1 heterocycles. The molecule has 0 saturated carbocycles. The second-order valence-corrected chi connectivity index (χ2v) is 6.47. The highest BCUT2D eigenvalue weighted by atomic mass is 16.2. The molecular formula is C22H24N3O+. The molecule has 2 aromatic carbocycles. The summed E-state index contributed by atoms with van der Waals surface area (Å²) in [5.74, 6) is -0.0454. The predicted molar refractivity (Wildman–Crippen MR) is 106 cm³/mol. The van der Waals surface area contributed by atoms with E-state index in [0.29, 0.717) is 0 Å². The van der Waals surface area contributed by atoms with Crippen molar-refractivity contribution < 1.29 is 9.36 Å². The van der Waals surface area contributed by atoms with Gasteiger partial charge in [-0.2, -0.15) is 4.57 Å². The molecule has 0 aliphatic rings. The lowest BCUT2D eigenvalue weighted by atomic mass is 10.0. The van der Waals surface area contributed by atoms with Gasteiger partial charge < -0.3 is 10.2 Å². The SMILES string of the molecule is C[C@@H](C(=O)Nc1ccccc1-c1ccccc1)[n+]1ccc(N(C)C)cc1. The minimum absolute atomic E-state index is 0.0454. The van der Waals surface area contributed by atoms with Gasteiger partial charge in [0.2, 0.25) is 6.04 Å². The van der Waals surface area contributed by atoms with Crippen LogP contribution in [0.3, 0.4) is 0 Å². The van der Waals surface area contributed by atoms with Crippen LogP contribution < -0.4 is 14.8 Å². The lowest BCUT2D eigenvalue weighted by molar-refractivity contribution is -0.705. The molecule has 0 aliphatic heterocycles. The van der Waals surface area contributed by atoms with Gasteiger partial charge >= 0.3 is 0 Å². The number of pyridine rings is 1. The first kappa shape index (κ1) is 17.7. The van der Waals surface area contributed by atoms with Gasteiger partial charge in [0.1, 0.15) is 0 Å². The largest absolute Gasteiger partial charge is 0.377 e. The monoisotopic (exact) mass is 346 g/mol. The van der Waals surface area contributed by atoms with Crippen molar-refractivity contribution in [1.29, 1.82) is 0 Å². The van der Waals surface area contributed by atoms with E-state index in [-0.39, 0.29) is 11.9 Å². The maximum Gasteiger partial charge on any atom is 0.293 e. The Labute approximate surface area is 154 Å². The highest BCUT2D eigenvalue weighted by Crippen LogP contribution is 2.27. The number of carbonyl (C=O) groups is 1. The molecule has 132 valence electrons. The summed E-state index contributed by atoms with van der Waals surface area (Å²) in [6, 6.07) is 21.6. The summed E-state index contributed by atoms with van der Waals surface area (Å²) in [6.07, 6.45) is 3.87. The number of para-hydroxylation sites is 1. The highest BCUT2D eigenvalue weighted by Gasteiger charge is 2.22. The minimum atomic E-state index is -0.310. The number of hydrogen-bond acceptors (Lipinski definition) is 2. The molecule has 3 aromatic rings. The molecule has 1 aromatic heterocycles. The van der Waals surface area contributed by atoms with E-state index in [1.54, 1.807) is 0 Å². The average Bonchev–Trinajstić information content (AvgIpc) is 2.68. The minimum Gasteiger partial charge on any atom is -0.377 e. The van der Waals surface area contributed by atoms with Gasteiger partial charge in [-0.15, -0.1) is 0 Å². The van der Waals surface area contributed by atoms with E-state index in [4.69, 9.17) is 0 Å². The van der Waals surface area contributed by atoms with E-state index in [1.807, 2.05) is 110 Å². The molecule has 3 rings (SSSR count). The fraction of sp³-hybridized carbons (Fsp3) is 0.182. The van der Waals surface area contributed by atoms with Gasteiger partial charge in [0.15, 0.2) is 12.4 Å². The number of carbonyl (C=O) groups excluding carboxylic acids is 1. The molecule has 1 amide bonds. The van der Waals surface area contributed by atoms with Crippen LogP contribution in [0.1, 0.15) is 13.0 Å². The first-order valence-electron chi connectivity index (χ1n) is 8.69. The van der Waals surface area contributed by atoms with E-state index < -0.39 is 0 Å². The number of nitrogens with one attached hydrogen (secondary N) is 1. The van der Waals surface area contributed by atoms with Crippen molar-refractivity contribution in [3.63, 3.8) is 0 Å². The molecule has 0 bridgehead atoms. The fourth-order valence-corrected chi connectivity index (χ4v) is 2.82. The summed E-state index contributed by atoms with van der Waals surface area (Å²) in [4.78, 5) is 14.8. The van der Waals surface area contributed by atoms with Crippen molar-refractivity contribution in [3.05, 3.63) is 79.1 Å². The van der Waals surface area contributed by atoms with E-state index in [2.05, 4.69) is 5.32 Å². The second kappa shape index (κ2) is 7.83. The standard InChI is InChI=1S/C22H23N3O/c1-17(25-15-13-19(14-16-25)24(2)3)22(26)23-21-12-8-7-11-20(21)18-9-5-4-6-10-18/h4-17H,1-3H3/p+1/t17-/m0/s1. The van der Waals surface area contributed by atoms with Gasteiger partial charge in [0, 0.05) is 50.1 Å². The third-order valence-electron chi connectivity index (χ3n) is 4.45. The number of anilines is 2. The molecule has 26 heavy (non-hydrogen) atoms. The lowest BCUT2D eigenvalue weighted by Crippen LogP contribution is -2.44. The number of benzene rings is 2. The van der Waals surface area contributed by atoms with Gasteiger partial charge in [0.25, 0.3) is 5.91 Å². The Morgan fingerprint density at radius 3 is 2.19 bits per heavy atom. The first-order chi connectivity index (χ1) is 12.6. The quantitative estimate of drug-likeness (QED) is 0.711. The van der Waals surface area contributed by atoms with Crippen molar-refractivity contribution in [3.8, 4) is 11.1 Å². The zero-order valence-corrected chi connectivity index (χ0v) is 15.4. The van der Waals surface area contributed by atoms with E-state index in [0.717, 1.165) is 22.5 Å². The van der Waals surface area contributed by atoms with Crippen LogP contribution in [0.15, 0.2) is 79.1 Å². The summed E-state index contributed by atoms with van der Waals surface area (Å²) < 4.78 is 1.91. The van der Waals surface area contributed by atoms with Crippen molar-refractivity contribution >= 4 is 17.3 Å². The lowest BCUT2D eigenvalue weighted by Gasteiger charge is -2.14. The summed E-state index contributed by atoms with van der Waals surface area (Å²) in [7, 11) is 3.99. The third-order valence-corrected chi connectivity index (χ3v) is 4.45. The number of hydrogen-bond donors (Lipinski definition) is 1. The van der Waals surface area contributed by atoms with Crippen LogP contribution >= 0.6 is 0 Å². The molecule has 4 nitrogen and oxygen atoms in total. The molecule has 0 unspecified atom stereocenters. The second-order valence-electron chi connectivity index (χ2n) is 6.47. The Hall–Kier alpha value is -3.14. The fourth-order valence-electron chi connectivity index (χ4n) is 2.82. The van der Waals surface area contributed by atoms with Crippen LogP contribution in [-0.2, 0) is 4.79 Å². The van der Waals surface area contributed by atoms with Crippen molar-refractivity contribution in [2.24, 2.45) is 0 Å². The molecule has 0 spiro atoms. The Balaban J connectivity index is 1.80. The Bertz CT molecular complexity index is 873. The van der Waals surface area contributed by atoms with Crippen LogP contribution in [0.2, 0.25) is 0 Å². The third kappa shape index (κ3) is 3.91. The molecule has 0 fully saturated rings. The predicted octanol–water partition coefficient (Wildman–Crippen LogP) is 3.91. The molecule has 1 N–H and O–H groups in total. The van der Waals surface area contributed by atoms with Gasteiger partial charge in [-0.1, -0.05) is 48.5 Å². The van der Waals surface area contributed by atoms with Crippen molar-refractivity contribution in [2.75, 3.05) is 24.3 Å². The summed E-state index contributed by atoms with van der Waals surface area (Å²) in [5, 5.41) is 3.07. The normalized spacial score (nSPS) is 11.7. The van der Waals surface area contributed by atoms with Crippen LogP contribution in [0, 0.1) is 0 Å². The number of aromatic nitrogens is 1. The Morgan fingerprint density at radius 2 is 1.54 bits per heavy atom. The van der Waals surface area contributed by atoms with Crippen molar-refractivity contribution in [2.45, 2.75) is 13.0 Å². The molecular weight excluding hydrogens is 322 g/mol. The van der Waals surface area contributed by atoms with E-state index >= 15 is 0 Å². The van der Waals surface area contributed by atoms with Crippen LogP contribution in [0.5, 0.6) is 0 Å². The topological polar surface area (TPSA) is 36.2 Å². The molecule has 1 atom stereocenters. The zero-order chi connectivity index (χ0) is 18.5. The van der Waals surface area contributed by atoms with Crippen LogP contribution in [-0.4, -0.2) is 20.0 Å². The van der Waals surface area contributed by atoms with Crippen molar-refractivity contribution in [1.82, 2.24) is 0 Å². The van der Waals surface area contributed by atoms with E-state index in [9.17, 15) is 4.79 Å². The molecule has 0 saturated heterocycles.